The maximum atomic E-state index is 13.0. The van der Waals surface area contributed by atoms with Gasteiger partial charge in [-0.25, -0.2) is 9.18 Å². The maximum Gasteiger partial charge on any atom is 0.332 e. The lowest BCUT2D eigenvalue weighted by Crippen LogP contribution is -2.79. The van der Waals surface area contributed by atoms with Crippen molar-refractivity contribution < 1.29 is 28.6 Å². The van der Waals surface area contributed by atoms with Crippen LogP contribution in [-0.4, -0.2) is 62.2 Å². The van der Waals surface area contributed by atoms with Gasteiger partial charge in [0.25, 0.3) is 0 Å². The Labute approximate surface area is 173 Å². The standard InChI is InChI=1S/C20H25FN2O5S/c1-19(2,3)28-18(26)15-20(4,27)10-29-17-14(16(25)23(15)17)22-13(24)9-11-5-7-12(21)8-6-11/h5-8,14-15,17,27H,9-10H2,1-4H3,(H,22,24)/t14?,15?,17-,20?/m0/s1. The van der Waals surface area contributed by atoms with Crippen LogP contribution in [0, 0.1) is 5.82 Å². The molecular weight excluding hydrogens is 399 g/mol. The molecule has 0 spiro atoms. The number of carbonyl (C=O) groups is 3. The van der Waals surface area contributed by atoms with E-state index < -0.39 is 46.4 Å². The summed E-state index contributed by atoms with van der Waals surface area (Å²) >= 11 is 1.30. The molecule has 3 unspecified atom stereocenters. The second kappa shape index (κ2) is 7.60. The van der Waals surface area contributed by atoms with Crippen molar-refractivity contribution in [3.05, 3.63) is 35.6 Å². The zero-order valence-electron chi connectivity index (χ0n) is 16.8. The van der Waals surface area contributed by atoms with E-state index in [2.05, 4.69) is 5.32 Å². The number of benzene rings is 1. The van der Waals surface area contributed by atoms with Crippen molar-refractivity contribution in [3.8, 4) is 0 Å². The van der Waals surface area contributed by atoms with Gasteiger partial charge in [0.15, 0.2) is 6.04 Å². The number of amides is 2. The lowest BCUT2D eigenvalue weighted by atomic mass is 9.91. The summed E-state index contributed by atoms with van der Waals surface area (Å²) in [5, 5.41) is 12.9. The normalized spacial score (nSPS) is 29.0. The molecule has 29 heavy (non-hydrogen) atoms. The first-order valence-electron chi connectivity index (χ1n) is 9.32. The molecule has 1 aromatic carbocycles. The minimum atomic E-state index is -1.44. The lowest BCUT2D eigenvalue weighted by Gasteiger charge is -2.56. The van der Waals surface area contributed by atoms with Crippen LogP contribution in [0.4, 0.5) is 4.39 Å². The summed E-state index contributed by atoms with van der Waals surface area (Å²) in [6.45, 7) is 6.64. The van der Waals surface area contributed by atoms with Crippen molar-refractivity contribution >= 4 is 29.5 Å². The van der Waals surface area contributed by atoms with Crippen molar-refractivity contribution in [1.82, 2.24) is 10.2 Å². The Kier molecular flexibility index (Phi) is 5.66. The SMILES string of the molecule is CC(C)(C)OC(=O)C1N2C(=O)C(NC(=O)Cc3ccc(F)cc3)[C@@H]2SCC1(C)O. The number of carbonyl (C=O) groups excluding carboxylic acids is 3. The number of hydrogen-bond donors (Lipinski definition) is 2. The third kappa shape index (κ3) is 4.56. The smallest absolute Gasteiger partial charge is 0.332 e. The van der Waals surface area contributed by atoms with E-state index in [1.54, 1.807) is 20.8 Å². The fourth-order valence-electron chi connectivity index (χ4n) is 3.44. The first kappa shape index (κ1) is 21.6. The molecule has 0 saturated carbocycles. The monoisotopic (exact) mass is 424 g/mol. The van der Waals surface area contributed by atoms with Gasteiger partial charge in [0.05, 0.1) is 6.42 Å². The molecule has 3 rings (SSSR count). The van der Waals surface area contributed by atoms with E-state index in [1.165, 1.54) is 47.9 Å². The Bertz CT molecular complexity index is 821. The summed E-state index contributed by atoms with van der Waals surface area (Å²) < 4.78 is 18.4. The fourth-order valence-corrected chi connectivity index (χ4v) is 4.87. The van der Waals surface area contributed by atoms with Gasteiger partial charge in [-0.2, -0.15) is 0 Å². The molecule has 1 aromatic rings. The zero-order chi connectivity index (χ0) is 21.6. The molecular formula is C20H25FN2O5S. The van der Waals surface area contributed by atoms with Crippen molar-refractivity contribution in [2.75, 3.05) is 5.75 Å². The van der Waals surface area contributed by atoms with Crippen LogP contribution in [0.15, 0.2) is 24.3 Å². The number of fused-ring (bicyclic) bond motifs is 1. The predicted octanol–water partition coefficient (Wildman–Crippen LogP) is 1.23. The molecule has 2 saturated heterocycles. The van der Waals surface area contributed by atoms with Gasteiger partial charge in [0.1, 0.15) is 28.4 Å². The second-order valence-electron chi connectivity index (χ2n) is 8.59. The van der Waals surface area contributed by atoms with Crippen LogP contribution in [0.25, 0.3) is 0 Å². The highest BCUT2D eigenvalue weighted by Crippen LogP contribution is 2.42. The van der Waals surface area contributed by atoms with Gasteiger partial charge in [-0.05, 0) is 45.4 Å². The highest BCUT2D eigenvalue weighted by molar-refractivity contribution is 8.00. The molecule has 0 aliphatic carbocycles. The lowest BCUT2D eigenvalue weighted by molar-refractivity contribution is -0.184. The number of thioether (sulfide) groups is 1. The van der Waals surface area contributed by atoms with Crippen LogP contribution >= 0.6 is 11.8 Å². The highest BCUT2D eigenvalue weighted by Gasteiger charge is 2.61. The Hall–Kier alpha value is -2.13. The van der Waals surface area contributed by atoms with Gasteiger partial charge in [-0.3, -0.25) is 9.59 Å². The van der Waals surface area contributed by atoms with E-state index >= 15 is 0 Å². The number of hydrogen-bond acceptors (Lipinski definition) is 6. The number of ether oxygens (including phenoxy) is 1. The third-order valence-electron chi connectivity index (χ3n) is 4.72. The Balaban J connectivity index is 1.68. The molecule has 7 nitrogen and oxygen atoms in total. The number of aliphatic hydroxyl groups is 1. The van der Waals surface area contributed by atoms with Crippen LogP contribution in [0.2, 0.25) is 0 Å². The molecule has 0 radical (unpaired) electrons. The van der Waals surface area contributed by atoms with Gasteiger partial charge in [-0.15, -0.1) is 11.8 Å². The number of nitrogens with zero attached hydrogens (tertiary/aromatic N) is 1. The largest absolute Gasteiger partial charge is 0.458 e. The summed E-state index contributed by atoms with van der Waals surface area (Å²) in [6, 6.07) is 3.64. The summed E-state index contributed by atoms with van der Waals surface area (Å²) in [6.07, 6.45) is 0.00859. The highest BCUT2D eigenvalue weighted by atomic mass is 32.2. The van der Waals surface area contributed by atoms with Gasteiger partial charge in [0.2, 0.25) is 11.8 Å². The van der Waals surface area contributed by atoms with Crippen molar-refractivity contribution in [3.63, 3.8) is 0 Å². The Morgan fingerprint density at radius 2 is 1.97 bits per heavy atom. The van der Waals surface area contributed by atoms with Gasteiger partial charge in [0, 0.05) is 5.75 Å². The maximum absolute atomic E-state index is 13.0. The number of esters is 1. The van der Waals surface area contributed by atoms with Crippen molar-refractivity contribution in [1.29, 1.82) is 0 Å². The first-order valence-corrected chi connectivity index (χ1v) is 10.4. The van der Waals surface area contributed by atoms with Gasteiger partial charge >= 0.3 is 5.97 Å². The van der Waals surface area contributed by atoms with E-state index in [0.29, 0.717) is 5.56 Å². The Morgan fingerprint density at radius 3 is 2.55 bits per heavy atom. The molecule has 0 bridgehead atoms. The average molecular weight is 424 g/mol. The molecule has 2 heterocycles. The van der Waals surface area contributed by atoms with E-state index in [4.69, 9.17) is 4.74 Å². The molecule has 2 amide bonds. The molecule has 9 heteroatoms. The molecule has 158 valence electrons. The minimum absolute atomic E-state index is 0.00859. The summed E-state index contributed by atoms with van der Waals surface area (Å²) in [4.78, 5) is 39.0. The quantitative estimate of drug-likeness (QED) is 0.558. The van der Waals surface area contributed by atoms with Crippen LogP contribution in [-0.2, 0) is 25.5 Å². The van der Waals surface area contributed by atoms with Crippen LogP contribution in [0.3, 0.4) is 0 Å². The van der Waals surface area contributed by atoms with E-state index in [1.807, 2.05) is 0 Å². The van der Waals surface area contributed by atoms with Crippen molar-refractivity contribution in [2.45, 2.75) is 62.8 Å². The van der Waals surface area contributed by atoms with E-state index in [0.717, 1.165) is 0 Å². The van der Waals surface area contributed by atoms with E-state index in [9.17, 15) is 23.9 Å². The minimum Gasteiger partial charge on any atom is -0.458 e. The number of β-lactam (4-membered cyclic amide) rings is 1. The molecule has 4 atom stereocenters. The summed E-state index contributed by atoms with van der Waals surface area (Å²) in [7, 11) is 0. The summed E-state index contributed by atoms with van der Waals surface area (Å²) in [5.74, 6) is -1.66. The predicted molar refractivity (Wildman–Crippen MR) is 105 cm³/mol. The van der Waals surface area contributed by atoms with Crippen LogP contribution in [0.1, 0.15) is 33.3 Å². The number of rotatable bonds is 4. The summed E-state index contributed by atoms with van der Waals surface area (Å²) in [5.41, 5.74) is -1.58. The van der Waals surface area contributed by atoms with E-state index in [-0.39, 0.29) is 18.1 Å². The average Bonchev–Trinajstić information content (AvgIpc) is 2.59. The molecule has 0 aromatic heterocycles. The molecule has 2 aliphatic rings. The number of halogens is 1. The molecule has 2 N–H and O–H groups in total. The Morgan fingerprint density at radius 1 is 1.34 bits per heavy atom. The van der Waals surface area contributed by atoms with Crippen LogP contribution in [0.5, 0.6) is 0 Å². The van der Waals surface area contributed by atoms with Crippen molar-refractivity contribution in [2.24, 2.45) is 0 Å². The second-order valence-corrected chi connectivity index (χ2v) is 9.69. The zero-order valence-corrected chi connectivity index (χ0v) is 17.6. The number of nitrogens with one attached hydrogen (secondary N) is 1. The molecule has 2 aliphatic heterocycles. The van der Waals surface area contributed by atoms with Crippen LogP contribution < -0.4 is 5.32 Å². The van der Waals surface area contributed by atoms with Gasteiger partial charge in [-0.1, -0.05) is 12.1 Å². The first-order chi connectivity index (χ1) is 13.4. The fraction of sp³-hybridized carbons (Fsp3) is 0.550. The molecule has 2 fully saturated rings. The van der Waals surface area contributed by atoms with Gasteiger partial charge < -0.3 is 20.1 Å². The topological polar surface area (TPSA) is 95.9 Å². The third-order valence-corrected chi connectivity index (χ3v) is 6.31.